The summed E-state index contributed by atoms with van der Waals surface area (Å²) in [5.41, 5.74) is -0.599. The van der Waals surface area contributed by atoms with Gasteiger partial charge >= 0.3 is 5.69 Å². The lowest BCUT2D eigenvalue weighted by atomic mass is 10.3. The highest BCUT2D eigenvalue weighted by Crippen LogP contribution is 2.19. The summed E-state index contributed by atoms with van der Waals surface area (Å²) >= 11 is 0. The van der Waals surface area contributed by atoms with Gasteiger partial charge in [-0.1, -0.05) is 6.07 Å². The molecule has 0 aliphatic carbocycles. The van der Waals surface area contributed by atoms with Crippen LogP contribution in [0.2, 0.25) is 0 Å². The zero-order valence-corrected chi connectivity index (χ0v) is 10.9. The van der Waals surface area contributed by atoms with Gasteiger partial charge in [-0.25, -0.2) is 4.79 Å². The van der Waals surface area contributed by atoms with E-state index >= 15 is 0 Å². The molecule has 0 unspecified atom stereocenters. The molecular formula is C12H12N4O4. The molecular weight excluding hydrogens is 264 g/mol. The predicted molar refractivity (Wildman–Crippen MR) is 73.3 cm³/mol. The van der Waals surface area contributed by atoms with Crippen molar-refractivity contribution in [3.63, 3.8) is 0 Å². The molecule has 8 nitrogen and oxygen atoms in total. The molecule has 0 bridgehead atoms. The summed E-state index contributed by atoms with van der Waals surface area (Å²) in [5.74, 6) is 0.263. The first-order valence-corrected chi connectivity index (χ1v) is 5.68. The quantitative estimate of drug-likeness (QED) is 0.658. The van der Waals surface area contributed by atoms with Gasteiger partial charge in [0.2, 0.25) is 0 Å². The number of aromatic nitrogens is 2. The number of nitro benzene ring substituents is 1. The molecule has 0 saturated heterocycles. The Kier molecular flexibility index (Phi) is 3.38. The van der Waals surface area contributed by atoms with Gasteiger partial charge in [-0.2, -0.15) is 0 Å². The SMILES string of the molecule is Cn1c(Nc2cccc([N+](=O)[O-])c2)cc(=O)n(C)c1=O. The topological polar surface area (TPSA) is 99.2 Å². The second-order valence-corrected chi connectivity index (χ2v) is 4.20. The molecule has 0 amide bonds. The molecule has 0 spiro atoms. The number of benzene rings is 1. The van der Waals surface area contributed by atoms with Crippen LogP contribution in [0, 0.1) is 10.1 Å². The number of anilines is 2. The Morgan fingerprint density at radius 2 is 1.85 bits per heavy atom. The summed E-state index contributed by atoms with van der Waals surface area (Å²) in [6, 6.07) is 7.05. The Hall–Kier alpha value is -2.90. The van der Waals surface area contributed by atoms with Crippen molar-refractivity contribution in [1.82, 2.24) is 9.13 Å². The highest BCUT2D eigenvalue weighted by Gasteiger charge is 2.09. The summed E-state index contributed by atoms with van der Waals surface area (Å²) in [7, 11) is 2.88. The third-order valence-electron chi connectivity index (χ3n) is 2.86. The minimum atomic E-state index is -0.520. The van der Waals surface area contributed by atoms with Gasteiger partial charge in [-0.15, -0.1) is 0 Å². The van der Waals surface area contributed by atoms with Crippen LogP contribution in [0.25, 0.3) is 0 Å². The van der Waals surface area contributed by atoms with Crippen LogP contribution < -0.4 is 16.6 Å². The summed E-state index contributed by atoms with van der Waals surface area (Å²) in [5, 5.41) is 13.5. The van der Waals surface area contributed by atoms with Gasteiger partial charge in [0.05, 0.1) is 4.92 Å². The molecule has 2 aromatic rings. The second-order valence-electron chi connectivity index (χ2n) is 4.20. The first kappa shape index (κ1) is 13.5. The standard InChI is InChI=1S/C12H12N4O4/c1-14-10(7-11(17)15(2)12(14)18)13-8-4-3-5-9(6-8)16(19)20/h3-7,13H,1-2H3. The van der Waals surface area contributed by atoms with Gasteiger partial charge in [0.25, 0.3) is 11.2 Å². The third kappa shape index (κ3) is 2.44. The number of hydrogen-bond donors (Lipinski definition) is 1. The molecule has 1 N–H and O–H groups in total. The van der Waals surface area contributed by atoms with Crippen LogP contribution in [0.5, 0.6) is 0 Å². The molecule has 1 aromatic carbocycles. The van der Waals surface area contributed by atoms with Gasteiger partial charge in [0.15, 0.2) is 0 Å². The summed E-state index contributed by atoms with van der Waals surface area (Å²) in [6.07, 6.45) is 0. The van der Waals surface area contributed by atoms with E-state index in [-0.39, 0.29) is 11.5 Å². The maximum atomic E-state index is 11.8. The van der Waals surface area contributed by atoms with E-state index in [1.54, 1.807) is 6.07 Å². The van der Waals surface area contributed by atoms with Crippen LogP contribution in [0.15, 0.2) is 39.9 Å². The summed E-state index contributed by atoms with van der Waals surface area (Å²) < 4.78 is 2.22. The normalized spacial score (nSPS) is 10.3. The van der Waals surface area contributed by atoms with Gasteiger partial charge in [0.1, 0.15) is 5.82 Å². The maximum Gasteiger partial charge on any atom is 0.332 e. The second kappa shape index (κ2) is 5.00. The van der Waals surface area contributed by atoms with Crippen LogP contribution in [0.4, 0.5) is 17.2 Å². The highest BCUT2D eigenvalue weighted by atomic mass is 16.6. The van der Waals surface area contributed by atoms with Crippen LogP contribution in [0.1, 0.15) is 0 Å². The first-order chi connectivity index (χ1) is 9.40. The molecule has 1 aromatic heterocycles. The molecule has 1 heterocycles. The van der Waals surface area contributed by atoms with Gasteiger partial charge < -0.3 is 5.32 Å². The zero-order valence-electron chi connectivity index (χ0n) is 10.9. The van der Waals surface area contributed by atoms with Gasteiger partial charge in [-0.05, 0) is 6.07 Å². The van der Waals surface area contributed by atoms with Crippen molar-refractivity contribution in [3.8, 4) is 0 Å². The van der Waals surface area contributed by atoms with Gasteiger partial charge in [-0.3, -0.25) is 24.0 Å². The number of nitrogens with one attached hydrogen (secondary N) is 1. The Morgan fingerprint density at radius 3 is 2.50 bits per heavy atom. The fraction of sp³-hybridized carbons (Fsp3) is 0.167. The fourth-order valence-electron chi connectivity index (χ4n) is 1.70. The Labute approximate surface area is 113 Å². The van der Waals surface area contributed by atoms with Crippen molar-refractivity contribution in [1.29, 1.82) is 0 Å². The molecule has 2 rings (SSSR count). The van der Waals surface area contributed by atoms with Crippen molar-refractivity contribution in [2.75, 3.05) is 5.32 Å². The minimum absolute atomic E-state index is 0.0798. The zero-order chi connectivity index (χ0) is 14.9. The molecule has 0 aliphatic heterocycles. The number of non-ortho nitro benzene ring substituents is 1. The summed E-state index contributed by atoms with van der Waals surface area (Å²) in [6.45, 7) is 0. The molecule has 0 saturated carbocycles. The molecule has 8 heteroatoms. The Bertz CT molecular complexity index is 791. The molecule has 0 radical (unpaired) electrons. The molecule has 104 valence electrons. The lowest BCUT2D eigenvalue weighted by Gasteiger charge is -2.11. The van der Waals surface area contributed by atoms with E-state index < -0.39 is 16.2 Å². The minimum Gasteiger partial charge on any atom is -0.341 e. The van der Waals surface area contributed by atoms with E-state index in [0.29, 0.717) is 5.69 Å². The first-order valence-electron chi connectivity index (χ1n) is 5.68. The van der Waals surface area contributed by atoms with E-state index in [2.05, 4.69) is 5.32 Å². The molecule has 0 atom stereocenters. The fourth-order valence-corrected chi connectivity index (χ4v) is 1.70. The molecule has 0 aliphatic rings. The van der Waals surface area contributed by atoms with Crippen molar-refractivity contribution in [2.24, 2.45) is 14.1 Å². The van der Waals surface area contributed by atoms with E-state index in [1.807, 2.05) is 0 Å². The van der Waals surface area contributed by atoms with Crippen LogP contribution >= 0.6 is 0 Å². The van der Waals surface area contributed by atoms with Crippen LogP contribution in [-0.4, -0.2) is 14.1 Å². The predicted octanol–water partition coefficient (Wildman–Crippen LogP) is 0.736. The smallest absolute Gasteiger partial charge is 0.332 e. The highest BCUT2D eigenvalue weighted by molar-refractivity contribution is 5.59. The van der Waals surface area contributed by atoms with E-state index in [9.17, 15) is 19.7 Å². The molecule has 0 fully saturated rings. The van der Waals surface area contributed by atoms with Crippen molar-refractivity contribution in [3.05, 3.63) is 61.3 Å². The largest absolute Gasteiger partial charge is 0.341 e. The average Bonchev–Trinajstić information content (AvgIpc) is 2.42. The maximum absolute atomic E-state index is 11.8. The Morgan fingerprint density at radius 1 is 1.15 bits per heavy atom. The van der Waals surface area contributed by atoms with Crippen molar-refractivity contribution in [2.45, 2.75) is 0 Å². The monoisotopic (exact) mass is 276 g/mol. The average molecular weight is 276 g/mol. The third-order valence-corrected chi connectivity index (χ3v) is 2.86. The number of hydrogen-bond acceptors (Lipinski definition) is 5. The Balaban J connectivity index is 2.45. The van der Waals surface area contributed by atoms with Crippen LogP contribution in [0.3, 0.4) is 0 Å². The van der Waals surface area contributed by atoms with Crippen molar-refractivity contribution < 1.29 is 4.92 Å². The lowest BCUT2D eigenvalue weighted by Crippen LogP contribution is -2.37. The number of nitro groups is 1. The van der Waals surface area contributed by atoms with E-state index in [0.717, 1.165) is 4.57 Å². The number of rotatable bonds is 3. The van der Waals surface area contributed by atoms with Crippen molar-refractivity contribution >= 4 is 17.2 Å². The lowest BCUT2D eigenvalue weighted by molar-refractivity contribution is -0.384. The summed E-state index contributed by atoms with van der Waals surface area (Å²) in [4.78, 5) is 33.5. The van der Waals surface area contributed by atoms with E-state index in [1.165, 1.54) is 42.9 Å². The van der Waals surface area contributed by atoms with Gasteiger partial charge in [0, 0.05) is 38.0 Å². The molecule has 20 heavy (non-hydrogen) atoms. The number of nitrogens with zero attached hydrogens (tertiary/aromatic N) is 3. The van der Waals surface area contributed by atoms with E-state index in [4.69, 9.17) is 0 Å². The van der Waals surface area contributed by atoms with Crippen LogP contribution in [-0.2, 0) is 14.1 Å².